The quantitative estimate of drug-likeness (QED) is 0.344. The van der Waals surface area contributed by atoms with Crippen LogP contribution in [0.2, 0.25) is 0 Å². The van der Waals surface area contributed by atoms with E-state index in [1.807, 2.05) is 0 Å². The molecule has 6 nitrogen and oxygen atoms in total. The second-order valence-corrected chi connectivity index (χ2v) is 8.25. The first-order valence-corrected chi connectivity index (χ1v) is 10.7. The summed E-state index contributed by atoms with van der Waals surface area (Å²) in [5, 5.41) is 12.4. The van der Waals surface area contributed by atoms with Gasteiger partial charge in [-0.2, -0.15) is 13.2 Å². The summed E-state index contributed by atoms with van der Waals surface area (Å²) in [6, 6.07) is 13.2. The number of nitrogens with one attached hydrogen (secondary N) is 1. The van der Waals surface area contributed by atoms with Crippen molar-refractivity contribution >= 4 is 22.6 Å². The Bertz CT molecular complexity index is 1490. The van der Waals surface area contributed by atoms with Gasteiger partial charge >= 0.3 is 12.1 Å². The van der Waals surface area contributed by atoms with Crippen LogP contribution in [0.3, 0.4) is 0 Å². The minimum Gasteiger partial charge on any atom is -0.476 e. The minimum absolute atomic E-state index is 0.00982. The lowest BCUT2D eigenvalue weighted by atomic mass is 9.98. The molecule has 2 heterocycles. The van der Waals surface area contributed by atoms with Crippen LogP contribution in [0.1, 0.15) is 45.8 Å². The SMILES string of the molecule is Cc1cc(C(C)Nc2ccc(C)nc2C(=O)O)c2oc(-c3ccccc3)c(C(F)(F)F)c(=O)c2c1. The Morgan fingerprint density at radius 2 is 1.77 bits per heavy atom. The molecule has 0 aliphatic carbocycles. The number of aryl methyl sites for hydroxylation is 2. The first-order chi connectivity index (χ1) is 16.5. The molecule has 1 unspecified atom stereocenters. The molecule has 180 valence electrons. The van der Waals surface area contributed by atoms with E-state index in [1.54, 1.807) is 57.2 Å². The summed E-state index contributed by atoms with van der Waals surface area (Å²) < 4.78 is 47.8. The van der Waals surface area contributed by atoms with E-state index in [4.69, 9.17) is 4.42 Å². The van der Waals surface area contributed by atoms with Crippen molar-refractivity contribution in [2.24, 2.45) is 0 Å². The molecule has 0 fully saturated rings. The smallest absolute Gasteiger partial charge is 0.423 e. The monoisotopic (exact) mass is 482 g/mol. The van der Waals surface area contributed by atoms with E-state index in [-0.39, 0.29) is 27.9 Å². The molecular weight excluding hydrogens is 461 g/mol. The molecule has 9 heteroatoms. The highest BCUT2D eigenvalue weighted by Gasteiger charge is 2.39. The van der Waals surface area contributed by atoms with Crippen molar-refractivity contribution in [3.63, 3.8) is 0 Å². The summed E-state index contributed by atoms with van der Waals surface area (Å²) in [7, 11) is 0. The van der Waals surface area contributed by atoms with Gasteiger partial charge in [-0.15, -0.1) is 0 Å². The van der Waals surface area contributed by atoms with Gasteiger partial charge in [-0.3, -0.25) is 4.79 Å². The van der Waals surface area contributed by atoms with Crippen LogP contribution in [-0.2, 0) is 6.18 Å². The van der Waals surface area contributed by atoms with Crippen LogP contribution < -0.4 is 10.7 Å². The Morgan fingerprint density at radius 1 is 1.09 bits per heavy atom. The molecule has 0 amide bonds. The van der Waals surface area contributed by atoms with E-state index in [2.05, 4.69) is 10.3 Å². The highest BCUT2D eigenvalue weighted by Crippen LogP contribution is 2.38. The van der Waals surface area contributed by atoms with Crippen LogP contribution in [0.5, 0.6) is 0 Å². The van der Waals surface area contributed by atoms with Gasteiger partial charge in [0.05, 0.1) is 17.1 Å². The summed E-state index contributed by atoms with van der Waals surface area (Å²) in [5.74, 6) is -1.80. The average molecular weight is 482 g/mol. The number of carboxylic acids is 1. The molecule has 1 atom stereocenters. The maximum Gasteiger partial charge on any atom is 0.423 e. The van der Waals surface area contributed by atoms with Crippen molar-refractivity contribution < 1.29 is 27.5 Å². The van der Waals surface area contributed by atoms with Gasteiger partial charge in [-0.05, 0) is 44.5 Å². The van der Waals surface area contributed by atoms with Crippen molar-refractivity contribution in [3.05, 3.63) is 92.9 Å². The Balaban J connectivity index is 1.96. The maximum atomic E-state index is 14.0. The number of benzene rings is 2. The highest BCUT2D eigenvalue weighted by molar-refractivity contribution is 5.92. The molecule has 0 aliphatic heterocycles. The number of alkyl halides is 3. The number of aromatic nitrogens is 1. The molecule has 0 bridgehead atoms. The van der Waals surface area contributed by atoms with Gasteiger partial charge in [-0.1, -0.05) is 36.4 Å². The van der Waals surface area contributed by atoms with Crippen molar-refractivity contribution in [2.75, 3.05) is 5.32 Å². The summed E-state index contributed by atoms with van der Waals surface area (Å²) in [5.41, 5.74) is -0.954. The number of carboxylic acid groups (broad SMARTS) is 1. The Hall–Kier alpha value is -4.14. The van der Waals surface area contributed by atoms with Gasteiger partial charge in [0.15, 0.2) is 11.5 Å². The predicted octanol–water partition coefficient (Wildman–Crippen LogP) is 6.36. The highest BCUT2D eigenvalue weighted by atomic mass is 19.4. The Labute approximate surface area is 198 Å². The van der Waals surface area contributed by atoms with Crippen molar-refractivity contribution in [1.82, 2.24) is 4.98 Å². The van der Waals surface area contributed by atoms with E-state index in [1.165, 1.54) is 18.2 Å². The fourth-order valence-electron chi connectivity index (χ4n) is 3.99. The first-order valence-electron chi connectivity index (χ1n) is 10.7. The minimum atomic E-state index is -4.93. The molecule has 0 saturated heterocycles. The summed E-state index contributed by atoms with van der Waals surface area (Å²) in [6.07, 6.45) is -4.93. The van der Waals surface area contributed by atoms with Gasteiger partial charge in [0.2, 0.25) is 5.43 Å². The first kappa shape index (κ1) is 24.0. The number of fused-ring (bicyclic) bond motifs is 1. The summed E-state index contributed by atoms with van der Waals surface area (Å²) in [4.78, 5) is 28.9. The number of hydrogen-bond donors (Lipinski definition) is 2. The third kappa shape index (κ3) is 4.62. The standard InChI is InChI=1S/C26H21F3N2O4/c1-13-11-17(15(3)31-19-10-9-14(2)30-21(19)25(33)34)24-18(12-13)22(32)20(26(27,28)29)23(35-24)16-7-5-4-6-8-16/h4-12,15,31H,1-3H3,(H,33,34). The number of pyridine rings is 1. The topological polar surface area (TPSA) is 92.4 Å². The fraction of sp³-hybridized carbons (Fsp3) is 0.192. The second-order valence-electron chi connectivity index (χ2n) is 8.25. The number of anilines is 1. The normalized spacial score (nSPS) is 12.5. The van der Waals surface area contributed by atoms with Gasteiger partial charge in [-0.25, -0.2) is 9.78 Å². The van der Waals surface area contributed by atoms with Crippen LogP contribution in [-0.4, -0.2) is 16.1 Å². The van der Waals surface area contributed by atoms with E-state index in [0.717, 1.165) is 0 Å². The van der Waals surface area contributed by atoms with Crippen LogP contribution in [0.15, 0.2) is 63.8 Å². The van der Waals surface area contributed by atoms with Crippen LogP contribution in [0, 0.1) is 13.8 Å². The van der Waals surface area contributed by atoms with Crippen LogP contribution in [0.4, 0.5) is 18.9 Å². The largest absolute Gasteiger partial charge is 0.476 e. The molecule has 4 aromatic rings. The number of rotatable bonds is 5. The van der Waals surface area contributed by atoms with Gasteiger partial charge in [0.1, 0.15) is 11.1 Å². The van der Waals surface area contributed by atoms with Gasteiger partial charge < -0.3 is 14.8 Å². The van der Waals surface area contributed by atoms with E-state index in [9.17, 15) is 27.9 Å². The predicted molar refractivity (Wildman–Crippen MR) is 126 cm³/mol. The van der Waals surface area contributed by atoms with E-state index >= 15 is 0 Å². The number of halogens is 3. The molecule has 0 spiro atoms. The average Bonchev–Trinajstić information content (AvgIpc) is 2.79. The molecule has 2 aromatic heterocycles. The number of hydrogen-bond acceptors (Lipinski definition) is 5. The number of nitrogens with zero attached hydrogens (tertiary/aromatic N) is 1. The van der Waals surface area contributed by atoms with Gasteiger partial charge in [0.25, 0.3) is 0 Å². The molecular formula is C26H21F3N2O4. The van der Waals surface area contributed by atoms with Crippen LogP contribution >= 0.6 is 0 Å². The second kappa shape index (κ2) is 8.90. The molecule has 0 radical (unpaired) electrons. The zero-order valence-electron chi connectivity index (χ0n) is 19.0. The zero-order valence-corrected chi connectivity index (χ0v) is 19.0. The van der Waals surface area contributed by atoms with Gasteiger partial charge in [0, 0.05) is 16.8 Å². The molecule has 0 aliphatic rings. The Morgan fingerprint density at radius 3 is 2.40 bits per heavy atom. The molecule has 4 rings (SSSR count). The lowest BCUT2D eigenvalue weighted by Crippen LogP contribution is -2.22. The number of carbonyl (C=O) groups is 1. The van der Waals surface area contributed by atoms with Crippen LogP contribution in [0.25, 0.3) is 22.3 Å². The molecule has 0 saturated carbocycles. The fourth-order valence-corrected chi connectivity index (χ4v) is 3.99. The lowest BCUT2D eigenvalue weighted by molar-refractivity contribution is -0.138. The van der Waals surface area contributed by atoms with Crippen molar-refractivity contribution in [2.45, 2.75) is 33.0 Å². The summed E-state index contributed by atoms with van der Waals surface area (Å²) in [6.45, 7) is 5.01. The number of aromatic carboxylic acids is 1. The van der Waals surface area contributed by atoms with E-state index < -0.39 is 34.9 Å². The summed E-state index contributed by atoms with van der Waals surface area (Å²) >= 11 is 0. The maximum absolute atomic E-state index is 14.0. The van der Waals surface area contributed by atoms with E-state index in [0.29, 0.717) is 16.8 Å². The third-order valence-corrected chi connectivity index (χ3v) is 5.56. The van der Waals surface area contributed by atoms with Crippen molar-refractivity contribution in [1.29, 1.82) is 0 Å². The molecule has 35 heavy (non-hydrogen) atoms. The Kier molecular flexibility index (Phi) is 6.10. The zero-order chi connectivity index (χ0) is 25.5. The third-order valence-electron chi connectivity index (χ3n) is 5.56. The molecule has 2 aromatic carbocycles. The molecule has 2 N–H and O–H groups in total. The lowest BCUT2D eigenvalue weighted by Gasteiger charge is -2.20. The van der Waals surface area contributed by atoms with Crippen molar-refractivity contribution in [3.8, 4) is 11.3 Å².